The molecule has 6 nitrogen and oxygen atoms in total. The van der Waals surface area contributed by atoms with E-state index >= 15 is 0 Å². The molecule has 0 aromatic heterocycles. The average molecular weight is 266 g/mol. The van der Waals surface area contributed by atoms with Crippen molar-refractivity contribution in [3.05, 3.63) is 12.7 Å². The molecule has 0 heterocycles. The predicted molar refractivity (Wildman–Crippen MR) is 64.7 cm³/mol. The van der Waals surface area contributed by atoms with E-state index in [1.54, 1.807) is 0 Å². The number of quaternary nitrogens is 1. The minimum absolute atomic E-state index is 0.150. The van der Waals surface area contributed by atoms with Crippen molar-refractivity contribution in [3.63, 3.8) is 0 Å². The largest absolute Gasteiger partial charge is 0.462 e. The van der Waals surface area contributed by atoms with Crippen molar-refractivity contribution in [2.75, 3.05) is 47.1 Å². The summed E-state index contributed by atoms with van der Waals surface area (Å²) in [6.45, 7) is 3.87. The zero-order chi connectivity index (χ0) is 13.5. The number of ether oxygens (including phenoxy) is 1. The Labute approximate surface area is 102 Å². The van der Waals surface area contributed by atoms with Gasteiger partial charge in [0.15, 0.2) is 0 Å². The van der Waals surface area contributed by atoms with E-state index in [1.165, 1.54) is 0 Å². The number of rotatable bonds is 8. The Morgan fingerprint density at radius 2 is 2.00 bits per heavy atom. The third-order valence-corrected chi connectivity index (χ3v) is 3.17. The Hall–Kier alpha value is -0.680. The second kappa shape index (κ2) is 6.91. The van der Waals surface area contributed by atoms with Gasteiger partial charge in [0.25, 0.3) is 0 Å². The highest BCUT2D eigenvalue weighted by Gasteiger charge is 2.21. The minimum atomic E-state index is -3.67. The Bertz CT molecular complexity index is 310. The van der Waals surface area contributed by atoms with Crippen LogP contribution in [0.25, 0.3) is 0 Å². The van der Waals surface area contributed by atoms with Gasteiger partial charge in [-0.3, -0.25) is 4.57 Å². The highest BCUT2D eigenvalue weighted by Crippen LogP contribution is 2.41. The highest BCUT2D eigenvalue weighted by molar-refractivity contribution is 7.52. The number of hydrogen-bond donors (Lipinski definition) is 1. The van der Waals surface area contributed by atoms with Crippen molar-refractivity contribution >= 4 is 13.6 Å². The molecule has 0 saturated carbocycles. The SMILES string of the molecule is C=CC(=O)OCCP(=O)(O)OCC[N+](C)(C)C. The Morgan fingerprint density at radius 3 is 2.47 bits per heavy atom. The molecule has 0 aromatic rings. The first-order chi connectivity index (χ1) is 7.66. The third-order valence-electron chi connectivity index (χ3n) is 1.84. The maximum Gasteiger partial charge on any atom is 0.331 e. The van der Waals surface area contributed by atoms with Crippen molar-refractivity contribution in [2.45, 2.75) is 0 Å². The lowest BCUT2D eigenvalue weighted by Crippen LogP contribution is -2.37. The minimum Gasteiger partial charge on any atom is -0.462 e. The van der Waals surface area contributed by atoms with Crippen molar-refractivity contribution < 1.29 is 28.0 Å². The number of likely N-dealkylation sites (N-methyl/N-ethyl adjacent to an activating group) is 1. The molecule has 0 aliphatic rings. The first kappa shape index (κ1) is 16.3. The molecule has 17 heavy (non-hydrogen) atoms. The lowest BCUT2D eigenvalue weighted by Gasteiger charge is -2.24. The van der Waals surface area contributed by atoms with Crippen LogP contribution in [0.1, 0.15) is 0 Å². The molecule has 0 saturated heterocycles. The summed E-state index contributed by atoms with van der Waals surface area (Å²) in [4.78, 5) is 20.1. The predicted octanol–water partition coefficient (Wildman–Crippen LogP) is 0.624. The summed E-state index contributed by atoms with van der Waals surface area (Å²) >= 11 is 0. The number of nitrogens with zero attached hydrogens (tertiary/aromatic N) is 1. The molecule has 100 valence electrons. The van der Waals surface area contributed by atoms with Gasteiger partial charge >= 0.3 is 13.6 Å². The number of hydrogen-bond acceptors (Lipinski definition) is 4. The zero-order valence-electron chi connectivity index (χ0n) is 10.6. The van der Waals surface area contributed by atoms with Gasteiger partial charge in [-0.15, -0.1) is 0 Å². The zero-order valence-corrected chi connectivity index (χ0v) is 11.5. The van der Waals surface area contributed by atoms with E-state index in [-0.39, 0.29) is 19.4 Å². The molecule has 0 fully saturated rings. The number of carbonyl (C=O) groups is 1. The van der Waals surface area contributed by atoms with Crippen LogP contribution in [0.2, 0.25) is 0 Å². The summed E-state index contributed by atoms with van der Waals surface area (Å²) in [5.74, 6) is -0.614. The maximum absolute atomic E-state index is 11.5. The van der Waals surface area contributed by atoms with Crippen molar-refractivity contribution in [2.24, 2.45) is 0 Å². The van der Waals surface area contributed by atoms with Crippen LogP contribution in [0.3, 0.4) is 0 Å². The van der Waals surface area contributed by atoms with Crippen LogP contribution >= 0.6 is 7.60 Å². The maximum atomic E-state index is 11.5. The second-order valence-electron chi connectivity index (χ2n) is 4.58. The first-order valence-corrected chi connectivity index (χ1v) is 6.98. The van der Waals surface area contributed by atoms with Crippen molar-refractivity contribution in [3.8, 4) is 0 Å². The van der Waals surface area contributed by atoms with E-state index < -0.39 is 13.6 Å². The topological polar surface area (TPSA) is 72.8 Å². The van der Waals surface area contributed by atoms with E-state index in [4.69, 9.17) is 4.52 Å². The van der Waals surface area contributed by atoms with Gasteiger partial charge in [-0.25, -0.2) is 4.79 Å². The van der Waals surface area contributed by atoms with E-state index in [0.29, 0.717) is 11.0 Å². The molecule has 1 N–H and O–H groups in total. The molecular weight excluding hydrogens is 245 g/mol. The van der Waals surface area contributed by atoms with E-state index in [1.807, 2.05) is 21.1 Å². The fourth-order valence-corrected chi connectivity index (χ4v) is 1.66. The van der Waals surface area contributed by atoms with Gasteiger partial charge in [-0.2, -0.15) is 0 Å². The number of esters is 1. The molecule has 0 bridgehead atoms. The molecule has 1 unspecified atom stereocenters. The fraction of sp³-hybridized carbons (Fsp3) is 0.700. The molecule has 0 spiro atoms. The molecule has 0 amide bonds. The van der Waals surface area contributed by atoms with Gasteiger partial charge in [-0.1, -0.05) is 6.58 Å². The van der Waals surface area contributed by atoms with Crippen LogP contribution in [0, 0.1) is 0 Å². The highest BCUT2D eigenvalue weighted by atomic mass is 31.2. The van der Waals surface area contributed by atoms with Gasteiger partial charge in [0.2, 0.25) is 0 Å². The second-order valence-corrected chi connectivity index (χ2v) is 6.56. The quantitative estimate of drug-likeness (QED) is 0.302. The Balaban J connectivity index is 3.84. The average Bonchev–Trinajstić information content (AvgIpc) is 2.14. The number of carbonyl (C=O) groups excluding carboxylic acids is 1. The van der Waals surface area contributed by atoms with E-state index in [9.17, 15) is 14.3 Å². The third kappa shape index (κ3) is 10.2. The summed E-state index contributed by atoms with van der Waals surface area (Å²) in [6.07, 6.45) is 0.796. The van der Waals surface area contributed by atoms with Crippen LogP contribution in [-0.4, -0.2) is 62.4 Å². The van der Waals surface area contributed by atoms with Crippen LogP contribution in [0.4, 0.5) is 0 Å². The van der Waals surface area contributed by atoms with E-state index in [2.05, 4.69) is 11.3 Å². The first-order valence-electron chi connectivity index (χ1n) is 5.22. The van der Waals surface area contributed by atoms with Crippen molar-refractivity contribution in [1.82, 2.24) is 0 Å². The van der Waals surface area contributed by atoms with Gasteiger partial charge < -0.3 is 18.6 Å². The molecule has 7 heteroatoms. The summed E-state index contributed by atoms with van der Waals surface area (Å²) < 4.78 is 21.6. The molecular formula is C10H21NO5P+. The summed E-state index contributed by atoms with van der Waals surface area (Å²) in [5, 5.41) is 0. The summed E-state index contributed by atoms with van der Waals surface area (Å²) in [6, 6.07) is 0. The normalized spacial score (nSPS) is 15.1. The van der Waals surface area contributed by atoms with Crippen molar-refractivity contribution in [1.29, 1.82) is 0 Å². The lowest BCUT2D eigenvalue weighted by atomic mass is 10.5. The van der Waals surface area contributed by atoms with Crippen LogP contribution in [0.15, 0.2) is 12.7 Å². The standard InChI is InChI=1S/C10H20NO5P/c1-5-10(12)15-8-9-17(13,14)16-7-6-11(2,3)4/h5H,1,6-9H2,2-4H3/p+1. The molecule has 0 aliphatic carbocycles. The summed E-state index contributed by atoms with van der Waals surface area (Å²) in [7, 11) is 2.20. The van der Waals surface area contributed by atoms with Gasteiger partial charge in [0.05, 0.1) is 27.3 Å². The molecule has 0 radical (unpaired) electrons. The Kier molecular flexibility index (Phi) is 6.64. The van der Waals surface area contributed by atoms with E-state index in [0.717, 1.165) is 6.08 Å². The van der Waals surface area contributed by atoms with Gasteiger partial charge in [0.1, 0.15) is 19.8 Å². The molecule has 0 aromatic carbocycles. The monoisotopic (exact) mass is 266 g/mol. The molecule has 1 atom stereocenters. The Morgan fingerprint density at radius 1 is 1.41 bits per heavy atom. The van der Waals surface area contributed by atoms with Crippen LogP contribution < -0.4 is 0 Å². The lowest BCUT2D eigenvalue weighted by molar-refractivity contribution is -0.870. The van der Waals surface area contributed by atoms with Crippen LogP contribution in [0.5, 0.6) is 0 Å². The fourth-order valence-electron chi connectivity index (χ4n) is 0.842. The smallest absolute Gasteiger partial charge is 0.331 e. The molecule has 0 rings (SSSR count). The van der Waals surface area contributed by atoms with Crippen LogP contribution in [-0.2, 0) is 18.6 Å². The molecule has 0 aliphatic heterocycles. The summed E-state index contributed by atoms with van der Waals surface area (Å²) in [5.41, 5.74) is 0. The van der Waals surface area contributed by atoms with Gasteiger partial charge in [-0.05, 0) is 0 Å². The van der Waals surface area contributed by atoms with Gasteiger partial charge in [0, 0.05) is 6.08 Å².